The van der Waals surface area contributed by atoms with Crippen molar-refractivity contribution in [1.29, 1.82) is 0 Å². The molecule has 138 valence electrons. The van der Waals surface area contributed by atoms with Crippen LogP contribution in [0.3, 0.4) is 0 Å². The molecule has 2 aromatic heterocycles. The second-order valence-corrected chi connectivity index (χ2v) is 6.89. The first kappa shape index (κ1) is 17.6. The van der Waals surface area contributed by atoms with Gasteiger partial charge in [0.15, 0.2) is 0 Å². The Morgan fingerprint density at radius 3 is 2.85 bits per heavy atom. The first-order chi connectivity index (χ1) is 13.2. The maximum atomic E-state index is 11.9. The Hall–Kier alpha value is -2.83. The molecule has 0 saturated carbocycles. The van der Waals surface area contributed by atoms with Gasteiger partial charge in [0.2, 0.25) is 0 Å². The summed E-state index contributed by atoms with van der Waals surface area (Å²) in [4.78, 5) is 23.0. The predicted molar refractivity (Wildman–Crippen MR) is 107 cm³/mol. The maximum Gasteiger partial charge on any atom is 0.148 e. The molecule has 1 saturated heterocycles. The van der Waals surface area contributed by atoms with E-state index in [4.69, 9.17) is 0 Å². The quantitative estimate of drug-likeness (QED) is 0.728. The van der Waals surface area contributed by atoms with E-state index < -0.39 is 0 Å². The van der Waals surface area contributed by atoms with Crippen LogP contribution in [-0.4, -0.2) is 46.3 Å². The molecule has 0 bridgehead atoms. The number of Topliss-reactive ketones (excluding diaryl/α,β-unsaturated/α-hetero) is 1. The van der Waals surface area contributed by atoms with Gasteiger partial charge in [-0.2, -0.15) is 0 Å². The molecule has 0 aliphatic carbocycles. The monoisotopic (exact) mass is 361 g/mol. The van der Waals surface area contributed by atoms with Crippen molar-refractivity contribution in [1.82, 2.24) is 20.2 Å². The van der Waals surface area contributed by atoms with Crippen molar-refractivity contribution in [3.8, 4) is 0 Å². The number of rotatable bonds is 5. The third kappa shape index (κ3) is 4.13. The average molecular weight is 361 g/mol. The molecule has 6 nitrogen and oxygen atoms in total. The number of fused-ring (bicyclic) bond motifs is 1. The van der Waals surface area contributed by atoms with Gasteiger partial charge in [-0.25, -0.2) is 9.97 Å². The van der Waals surface area contributed by atoms with Crippen LogP contribution in [0.5, 0.6) is 0 Å². The zero-order valence-electron chi connectivity index (χ0n) is 15.4. The fraction of sp³-hybridized carbons (Fsp3) is 0.286. The third-order valence-corrected chi connectivity index (χ3v) is 4.92. The van der Waals surface area contributed by atoms with Crippen LogP contribution in [0.2, 0.25) is 0 Å². The number of aromatic nitrogens is 2. The SMILES string of the molecule is CC(=O)C1CNCCN1Cc1ccnc(Nc2cc3ccccc3cn2)c1. The lowest BCUT2D eigenvalue weighted by Crippen LogP contribution is -2.53. The van der Waals surface area contributed by atoms with Crippen LogP contribution in [0.15, 0.2) is 54.9 Å². The number of carbonyl (C=O) groups is 1. The van der Waals surface area contributed by atoms with E-state index in [9.17, 15) is 4.79 Å². The Morgan fingerprint density at radius 1 is 1.19 bits per heavy atom. The van der Waals surface area contributed by atoms with E-state index in [1.54, 1.807) is 13.1 Å². The summed E-state index contributed by atoms with van der Waals surface area (Å²) in [6, 6.07) is 14.1. The molecule has 4 rings (SSSR count). The van der Waals surface area contributed by atoms with Gasteiger partial charge in [-0.05, 0) is 36.1 Å². The number of nitrogens with zero attached hydrogens (tertiary/aromatic N) is 3. The van der Waals surface area contributed by atoms with Crippen molar-refractivity contribution in [3.63, 3.8) is 0 Å². The third-order valence-electron chi connectivity index (χ3n) is 4.92. The van der Waals surface area contributed by atoms with Crippen LogP contribution < -0.4 is 10.6 Å². The minimum Gasteiger partial charge on any atom is -0.325 e. The summed E-state index contributed by atoms with van der Waals surface area (Å²) in [6.07, 6.45) is 3.66. The number of benzene rings is 1. The second-order valence-electron chi connectivity index (χ2n) is 6.89. The summed E-state index contributed by atoms with van der Waals surface area (Å²) < 4.78 is 0. The van der Waals surface area contributed by atoms with E-state index >= 15 is 0 Å². The Morgan fingerprint density at radius 2 is 2.00 bits per heavy atom. The van der Waals surface area contributed by atoms with Gasteiger partial charge >= 0.3 is 0 Å². The van der Waals surface area contributed by atoms with Gasteiger partial charge in [0.1, 0.15) is 17.4 Å². The van der Waals surface area contributed by atoms with Crippen molar-refractivity contribution in [2.24, 2.45) is 0 Å². The lowest BCUT2D eigenvalue weighted by molar-refractivity contribution is -0.122. The highest BCUT2D eigenvalue weighted by molar-refractivity contribution is 5.84. The topological polar surface area (TPSA) is 70.2 Å². The minimum absolute atomic E-state index is 0.0644. The Kier molecular flexibility index (Phi) is 5.09. The fourth-order valence-corrected chi connectivity index (χ4v) is 3.50. The molecule has 1 aromatic carbocycles. The van der Waals surface area contributed by atoms with Gasteiger partial charge in [0.25, 0.3) is 0 Å². The van der Waals surface area contributed by atoms with E-state index in [-0.39, 0.29) is 11.8 Å². The summed E-state index contributed by atoms with van der Waals surface area (Å²) in [6.45, 7) is 4.87. The summed E-state index contributed by atoms with van der Waals surface area (Å²) >= 11 is 0. The smallest absolute Gasteiger partial charge is 0.148 e. The largest absolute Gasteiger partial charge is 0.325 e. The number of hydrogen-bond donors (Lipinski definition) is 2. The highest BCUT2D eigenvalue weighted by Gasteiger charge is 2.25. The maximum absolute atomic E-state index is 11.9. The first-order valence-electron chi connectivity index (χ1n) is 9.21. The first-order valence-corrected chi connectivity index (χ1v) is 9.21. The summed E-state index contributed by atoms with van der Waals surface area (Å²) in [5.74, 6) is 1.72. The highest BCUT2D eigenvalue weighted by atomic mass is 16.1. The number of ketones is 1. The Labute approximate surface area is 158 Å². The summed E-state index contributed by atoms with van der Waals surface area (Å²) in [5.41, 5.74) is 1.13. The average Bonchev–Trinajstić information content (AvgIpc) is 2.68. The van der Waals surface area contributed by atoms with E-state index in [0.717, 1.165) is 47.6 Å². The van der Waals surface area contributed by atoms with E-state index in [1.807, 2.05) is 42.6 Å². The molecule has 1 aliphatic rings. The van der Waals surface area contributed by atoms with Crippen LogP contribution in [-0.2, 0) is 11.3 Å². The van der Waals surface area contributed by atoms with Crippen molar-refractivity contribution in [2.45, 2.75) is 19.5 Å². The van der Waals surface area contributed by atoms with E-state index in [2.05, 4.69) is 31.6 Å². The standard InChI is InChI=1S/C21H23N5O/c1-15(27)19-13-22-8-9-26(19)14-16-6-7-23-20(10-16)25-21-11-17-4-2-3-5-18(17)12-24-21/h2-7,10-12,19,22H,8-9,13-14H2,1H3,(H,23,24,25). The van der Waals surface area contributed by atoms with Crippen LogP contribution in [0.1, 0.15) is 12.5 Å². The fourth-order valence-electron chi connectivity index (χ4n) is 3.50. The molecule has 1 unspecified atom stereocenters. The van der Waals surface area contributed by atoms with Gasteiger partial charge in [0, 0.05) is 44.0 Å². The van der Waals surface area contributed by atoms with Crippen LogP contribution in [0.25, 0.3) is 10.8 Å². The van der Waals surface area contributed by atoms with Gasteiger partial charge in [0.05, 0.1) is 6.04 Å². The molecule has 0 radical (unpaired) electrons. The Balaban J connectivity index is 1.50. The second kappa shape index (κ2) is 7.82. The molecule has 3 heterocycles. The molecular formula is C21H23N5O. The number of anilines is 2. The normalized spacial score (nSPS) is 17.7. The highest BCUT2D eigenvalue weighted by Crippen LogP contribution is 2.20. The predicted octanol–water partition coefficient (Wildman–Crippen LogP) is 2.74. The van der Waals surface area contributed by atoms with Crippen LogP contribution in [0.4, 0.5) is 11.6 Å². The molecule has 1 aliphatic heterocycles. The van der Waals surface area contributed by atoms with Gasteiger partial charge in [-0.15, -0.1) is 0 Å². The van der Waals surface area contributed by atoms with Gasteiger partial charge in [-0.1, -0.05) is 24.3 Å². The molecule has 1 atom stereocenters. The lowest BCUT2D eigenvalue weighted by atomic mass is 10.1. The molecule has 3 aromatic rings. The number of carbonyl (C=O) groups excluding carboxylic acids is 1. The molecule has 27 heavy (non-hydrogen) atoms. The van der Waals surface area contributed by atoms with E-state index in [0.29, 0.717) is 6.54 Å². The van der Waals surface area contributed by atoms with Crippen molar-refractivity contribution >= 4 is 28.2 Å². The molecular weight excluding hydrogens is 338 g/mol. The molecule has 2 N–H and O–H groups in total. The van der Waals surface area contributed by atoms with E-state index in [1.165, 1.54) is 0 Å². The minimum atomic E-state index is -0.0644. The van der Waals surface area contributed by atoms with Crippen LogP contribution in [0, 0.1) is 0 Å². The van der Waals surface area contributed by atoms with Crippen molar-refractivity contribution < 1.29 is 4.79 Å². The number of hydrogen-bond acceptors (Lipinski definition) is 6. The molecule has 0 amide bonds. The lowest BCUT2D eigenvalue weighted by Gasteiger charge is -2.34. The van der Waals surface area contributed by atoms with Crippen molar-refractivity contribution in [3.05, 3.63) is 60.4 Å². The number of pyridine rings is 2. The summed E-state index contributed by atoms with van der Waals surface area (Å²) in [5, 5.41) is 8.83. The Bertz CT molecular complexity index is 958. The van der Waals surface area contributed by atoms with Gasteiger partial charge in [-0.3, -0.25) is 9.69 Å². The van der Waals surface area contributed by atoms with Crippen molar-refractivity contribution in [2.75, 3.05) is 25.0 Å². The van der Waals surface area contributed by atoms with Crippen LogP contribution >= 0.6 is 0 Å². The number of piperazine rings is 1. The molecule has 0 spiro atoms. The zero-order valence-corrected chi connectivity index (χ0v) is 15.4. The zero-order chi connectivity index (χ0) is 18.6. The molecule has 1 fully saturated rings. The summed E-state index contributed by atoms with van der Waals surface area (Å²) in [7, 11) is 0. The van der Waals surface area contributed by atoms with Gasteiger partial charge < -0.3 is 10.6 Å². The number of nitrogens with one attached hydrogen (secondary N) is 2. The molecule has 6 heteroatoms.